The first-order valence-electron chi connectivity index (χ1n) is 11.3. The largest absolute Gasteiger partial charge is 0.469 e. The highest BCUT2D eigenvalue weighted by atomic mass is 16.7. The number of ether oxygens (including phenoxy) is 4. The van der Waals surface area contributed by atoms with E-state index in [1.807, 2.05) is 48.5 Å². The summed E-state index contributed by atoms with van der Waals surface area (Å²) >= 11 is 0. The van der Waals surface area contributed by atoms with Crippen LogP contribution in [0.2, 0.25) is 0 Å². The van der Waals surface area contributed by atoms with Crippen molar-refractivity contribution >= 4 is 5.97 Å². The summed E-state index contributed by atoms with van der Waals surface area (Å²) in [7, 11) is 1.41. The van der Waals surface area contributed by atoms with Gasteiger partial charge in [-0.1, -0.05) is 67.6 Å². The second-order valence-electron chi connectivity index (χ2n) is 8.03. The van der Waals surface area contributed by atoms with Crippen LogP contribution in [0.5, 0.6) is 0 Å². The molecule has 0 aliphatic carbocycles. The Morgan fingerprint density at radius 1 is 1.03 bits per heavy atom. The van der Waals surface area contributed by atoms with Crippen molar-refractivity contribution < 1.29 is 23.7 Å². The number of esters is 1. The Morgan fingerprint density at radius 3 is 2.39 bits per heavy atom. The number of methoxy groups -OCH3 is 1. The Morgan fingerprint density at radius 2 is 1.71 bits per heavy atom. The van der Waals surface area contributed by atoms with E-state index in [9.17, 15) is 4.79 Å². The molecule has 1 aliphatic rings. The lowest BCUT2D eigenvalue weighted by atomic mass is 10.00. The molecule has 0 aromatic heterocycles. The summed E-state index contributed by atoms with van der Waals surface area (Å²) in [6, 6.07) is 20.2. The number of carbonyl (C=O) groups excluding carboxylic acids is 1. The first kappa shape index (κ1) is 23.5. The molecule has 1 fully saturated rings. The summed E-state index contributed by atoms with van der Waals surface area (Å²) in [5.41, 5.74) is 2.17. The van der Waals surface area contributed by atoms with E-state index in [4.69, 9.17) is 18.9 Å². The van der Waals surface area contributed by atoms with Crippen molar-refractivity contribution in [1.29, 1.82) is 0 Å². The minimum Gasteiger partial charge on any atom is -0.469 e. The minimum absolute atomic E-state index is 0.0419. The molecule has 2 aromatic rings. The average Bonchev–Trinajstić information content (AvgIpc) is 2.82. The Bertz CT molecular complexity index is 764. The zero-order valence-corrected chi connectivity index (χ0v) is 18.6. The quantitative estimate of drug-likeness (QED) is 0.439. The molecule has 31 heavy (non-hydrogen) atoms. The van der Waals surface area contributed by atoms with E-state index in [-0.39, 0.29) is 30.7 Å². The molecule has 1 saturated heterocycles. The number of benzene rings is 2. The molecular weight excluding hydrogens is 392 g/mol. The second kappa shape index (κ2) is 12.6. The summed E-state index contributed by atoms with van der Waals surface area (Å²) in [5.74, 6) is -0.252. The summed E-state index contributed by atoms with van der Waals surface area (Å²) < 4.78 is 23.3. The van der Waals surface area contributed by atoms with Crippen LogP contribution in [0.15, 0.2) is 60.7 Å². The van der Waals surface area contributed by atoms with Crippen molar-refractivity contribution in [2.45, 2.75) is 76.7 Å². The first-order chi connectivity index (χ1) is 15.2. The molecule has 0 spiro atoms. The van der Waals surface area contributed by atoms with E-state index >= 15 is 0 Å². The van der Waals surface area contributed by atoms with Gasteiger partial charge in [-0.15, -0.1) is 0 Å². The van der Waals surface area contributed by atoms with Gasteiger partial charge in [-0.25, -0.2) is 0 Å². The van der Waals surface area contributed by atoms with Crippen molar-refractivity contribution in [3.63, 3.8) is 0 Å². The average molecular weight is 427 g/mol. The fourth-order valence-corrected chi connectivity index (χ4v) is 3.91. The van der Waals surface area contributed by atoms with Gasteiger partial charge >= 0.3 is 5.97 Å². The molecule has 4 atom stereocenters. The topological polar surface area (TPSA) is 54.0 Å². The van der Waals surface area contributed by atoms with Crippen molar-refractivity contribution in [2.24, 2.45) is 0 Å². The molecule has 5 heteroatoms. The second-order valence-corrected chi connectivity index (χ2v) is 8.03. The maximum absolute atomic E-state index is 11.8. The van der Waals surface area contributed by atoms with Crippen molar-refractivity contribution in [3.05, 3.63) is 71.8 Å². The highest BCUT2D eigenvalue weighted by Gasteiger charge is 2.32. The van der Waals surface area contributed by atoms with Crippen LogP contribution in [-0.2, 0) is 30.3 Å². The predicted octanol–water partition coefficient (Wildman–Crippen LogP) is 5.59. The molecule has 5 nitrogen and oxygen atoms in total. The molecule has 0 saturated carbocycles. The van der Waals surface area contributed by atoms with E-state index in [0.717, 1.165) is 31.2 Å². The van der Waals surface area contributed by atoms with Crippen LogP contribution in [0.4, 0.5) is 0 Å². The van der Waals surface area contributed by atoms with Gasteiger partial charge in [0.05, 0.1) is 38.4 Å². The zero-order valence-electron chi connectivity index (χ0n) is 18.6. The maximum Gasteiger partial charge on any atom is 0.308 e. The predicted molar refractivity (Wildman–Crippen MR) is 119 cm³/mol. The van der Waals surface area contributed by atoms with Gasteiger partial charge in [0.1, 0.15) is 0 Å². The summed E-state index contributed by atoms with van der Waals surface area (Å²) in [6.07, 6.45) is 4.45. The lowest BCUT2D eigenvalue weighted by Gasteiger charge is -2.36. The molecule has 1 heterocycles. The summed E-state index contributed by atoms with van der Waals surface area (Å²) in [6.45, 7) is 2.81. The monoisotopic (exact) mass is 426 g/mol. The van der Waals surface area contributed by atoms with Gasteiger partial charge in [-0.3, -0.25) is 4.79 Å². The van der Waals surface area contributed by atoms with Crippen LogP contribution in [0.3, 0.4) is 0 Å². The molecule has 168 valence electrons. The number of hydrogen-bond acceptors (Lipinski definition) is 5. The smallest absolute Gasteiger partial charge is 0.308 e. The van der Waals surface area contributed by atoms with Gasteiger partial charge in [-0.2, -0.15) is 0 Å². The summed E-state index contributed by atoms with van der Waals surface area (Å²) in [5, 5.41) is 0. The van der Waals surface area contributed by atoms with Gasteiger partial charge in [0.25, 0.3) is 0 Å². The van der Waals surface area contributed by atoms with Crippen LogP contribution in [0, 0.1) is 0 Å². The lowest BCUT2D eigenvalue weighted by molar-refractivity contribution is -0.250. The van der Waals surface area contributed by atoms with Gasteiger partial charge in [0.15, 0.2) is 6.29 Å². The fourth-order valence-electron chi connectivity index (χ4n) is 3.91. The van der Waals surface area contributed by atoms with Crippen LogP contribution in [-0.4, -0.2) is 31.4 Å². The van der Waals surface area contributed by atoms with E-state index in [0.29, 0.717) is 13.0 Å². The lowest BCUT2D eigenvalue weighted by Crippen LogP contribution is -2.35. The Balaban J connectivity index is 1.51. The van der Waals surface area contributed by atoms with Gasteiger partial charge in [0, 0.05) is 12.0 Å². The third-order valence-electron chi connectivity index (χ3n) is 5.69. The Kier molecular flexibility index (Phi) is 9.53. The molecule has 3 rings (SSSR count). The molecule has 1 aliphatic heterocycles. The van der Waals surface area contributed by atoms with Crippen molar-refractivity contribution in [3.8, 4) is 0 Å². The standard InChI is InChI=1S/C26H34O5/c1-3-22(29-19-20-11-6-4-7-12-20)15-10-16-23-17-24(18-25(27)28-2)31-26(30-23)21-13-8-5-9-14-21/h4-9,11-14,22-24,26H,3,10,15-19H2,1-2H3/t22?,23-,24-,26-/m0/s1. The Labute approximate surface area is 185 Å². The molecule has 1 unspecified atom stereocenters. The maximum atomic E-state index is 11.8. The van der Waals surface area contributed by atoms with E-state index < -0.39 is 6.29 Å². The molecule has 2 aromatic carbocycles. The van der Waals surface area contributed by atoms with Gasteiger partial charge in [-0.05, 0) is 31.2 Å². The van der Waals surface area contributed by atoms with Crippen LogP contribution in [0.1, 0.15) is 62.9 Å². The normalized spacial score (nSPS) is 22.1. The van der Waals surface area contributed by atoms with Crippen molar-refractivity contribution in [2.75, 3.05) is 7.11 Å². The molecular formula is C26H34O5. The Hall–Kier alpha value is -2.21. The van der Waals surface area contributed by atoms with E-state index in [1.165, 1.54) is 12.7 Å². The molecule has 0 N–H and O–H groups in total. The zero-order chi connectivity index (χ0) is 21.9. The summed E-state index contributed by atoms with van der Waals surface area (Å²) in [4.78, 5) is 11.8. The van der Waals surface area contributed by atoms with Gasteiger partial charge in [0.2, 0.25) is 0 Å². The number of rotatable bonds is 11. The first-order valence-corrected chi connectivity index (χ1v) is 11.3. The van der Waals surface area contributed by atoms with E-state index in [2.05, 4.69) is 19.1 Å². The SMILES string of the molecule is CCC(CCC[C@H]1C[C@@H](CC(=O)OC)O[C@@H](c2ccccc2)O1)OCc1ccccc1. The highest BCUT2D eigenvalue weighted by Crippen LogP contribution is 2.33. The van der Waals surface area contributed by atoms with Gasteiger partial charge < -0.3 is 18.9 Å². The molecule has 0 bridgehead atoms. The third kappa shape index (κ3) is 7.76. The van der Waals surface area contributed by atoms with Crippen LogP contribution in [0.25, 0.3) is 0 Å². The van der Waals surface area contributed by atoms with Crippen LogP contribution >= 0.6 is 0 Å². The minimum atomic E-state index is -0.453. The molecule has 0 amide bonds. The number of carbonyl (C=O) groups is 1. The number of hydrogen-bond donors (Lipinski definition) is 0. The highest BCUT2D eigenvalue weighted by molar-refractivity contribution is 5.69. The molecule has 0 radical (unpaired) electrons. The fraction of sp³-hybridized carbons (Fsp3) is 0.500. The van der Waals surface area contributed by atoms with Crippen molar-refractivity contribution in [1.82, 2.24) is 0 Å². The van der Waals surface area contributed by atoms with E-state index in [1.54, 1.807) is 0 Å². The third-order valence-corrected chi connectivity index (χ3v) is 5.69. The van der Waals surface area contributed by atoms with Crippen LogP contribution < -0.4 is 0 Å².